The first kappa shape index (κ1) is 17.0. The predicted molar refractivity (Wildman–Crippen MR) is 106 cm³/mol. The van der Waals surface area contributed by atoms with Crippen LogP contribution in [0, 0.1) is 11.3 Å². The van der Waals surface area contributed by atoms with E-state index in [4.69, 9.17) is 5.73 Å². The topological polar surface area (TPSA) is 130 Å². The molecule has 0 saturated heterocycles. The van der Waals surface area contributed by atoms with Crippen LogP contribution < -0.4 is 16.4 Å². The number of hydrogen-bond donors (Lipinski definition) is 3. The van der Waals surface area contributed by atoms with Gasteiger partial charge >= 0.3 is 0 Å². The number of nitrogens with one attached hydrogen (secondary N) is 2. The highest BCUT2D eigenvalue weighted by atomic mass is 15.4. The minimum Gasteiger partial charge on any atom is -0.368 e. The van der Waals surface area contributed by atoms with Gasteiger partial charge in [0.25, 0.3) is 0 Å². The smallest absolute Gasteiger partial charge is 0.248 e. The monoisotopic (exact) mass is 369 g/mol. The average Bonchev–Trinajstić information content (AvgIpc) is 3.09. The molecule has 9 heteroatoms. The Hall–Kier alpha value is -4.45. The Morgan fingerprint density at radius 2 is 1.50 bits per heavy atom. The molecule has 0 bridgehead atoms. The Kier molecular flexibility index (Phi) is 4.51. The molecule has 136 valence electrons. The number of para-hydroxylation sites is 2. The summed E-state index contributed by atoms with van der Waals surface area (Å²) >= 11 is 0. The van der Waals surface area contributed by atoms with E-state index in [1.165, 1.54) is 4.68 Å². The fraction of sp³-hybridized carbons (Fsp3) is 0. The Morgan fingerprint density at radius 1 is 0.857 bits per heavy atom. The van der Waals surface area contributed by atoms with Crippen LogP contribution >= 0.6 is 0 Å². The van der Waals surface area contributed by atoms with Gasteiger partial charge in [-0.05, 0) is 24.3 Å². The Balaban J connectivity index is 1.67. The van der Waals surface area contributed by atoms with Gasteiger partial charge in [-0.1, -0.05) is 36.4 Å². The van der Waals surface area contributed by atoms with Crippen LogP contribution in [0.25, 0.3) is 5.82 Å². The van der Waals surface area contributed by atoms with Crippen molar-refractivity contribution in [3.8, 4) is 11.9 Å². The molecule has 9 nitrogen and oxygen atoms in total. The van der Waals surface area contributed by atoms with Crippen LogP contribution in [-0.4, -0.2) is 24.7 Å². The molecular formula is C19H15N9. The largest absolute Gasteiger partial charge is 0.368 e. The van der Waals surface area contributed by atoms with Crippen molar-refractivity contribution in [1.29, 1.82) is 5.26 Å². The van der Waals surface area contributed by atoms with E-state index in [0.717, 1.165) is 11.4 Å². The molecular weight excluding hydrogens is 354 g/mol. The van der Waals surface area contributed by atoms with E-state index >= 15 is 0 Å². The number of nitrogen functional groups attached to an aromatic ring is 1. The van der Waals surface area contributed by atoms with E-state index in [2.05, 4.69) is 30.7 Å². The van der Waals surface area contributed by atoms with Crippen molar-refractivity contribution >= 4 is 29.1 Å². The van der Waals surface area contributed by atoms with Gasteiger partial charge in [-0.3, -0.25) is 0 Å². The molecule has 0 saturated carbocycles. The molecule has 2 aromatic carbocycles. The van der Waals surface area contributed by atoms with Crippen molar-refractivity contribution in [2.75, 3.05) is 16.4 Å². The quantitative estimate of drug-likeness (QED) is 0.489. The maximum atomic E-state index is 9.28. The van der Waals surface area contributed by atoms with Gasteiger partial charge in [-0.25, -0.2) is 4.98 Å². The number of aromatic nitrogens is 5. The molecule has 0 fully saturated rings. The van der Waals surface area contributed by atoms with Crippen LogP contribution in [-0.2, 0) is 0 Å². The zero-order valence-corrected chi connectivity index (χ0v) is 14.6. The molecule has 0 unspecified atom stereocenters. The Labute approximate surface area is 160 Å². The highest BCUT2D eigenvalue weighted by Crippen LogP contribution is 2.20. The number of nitrogens with two attached hydrogens (primary N) is 1. The van der Waals surface area contributed by atoms with Gasteiger partial charge < -0.3 is 16.4 Å². The summed E-state index contributed by atoms with van der Waals surface area (Å²) in [6.45, 7) is 0. The lowest BCUT2D eigenvalue weighted by molar-refractivity contribution is 0.848. The van der Waals surface area contributed by atoms with Gasteiger partial charge in [0.15, 0.2) is 5.82 Å². The summed E-state index contributed by atoms with van der Waals surface area (Å²) < 4.78 is 1.35. The average molecular weight is 369 g/mol. The van der Waals surface area contributed by atoms with Gasteiger partial charge in [0, 0.05) is 17.4 Å². The molecule has 4 N–H and O–H groups in total. The Bertz CT molecular complexity index is 1130. The van der Waals surface area contributed by atoms with Crippen LogP contribution in [0.3, 0.4) is 0 Å². The van der Waals surface area contributed by atoms with Gasteiger partial charge in [0.2, 0.25) is 17.7 Å². The maximum absolute atomic E-state index is 9.28. The Morgan fingerprint density at radius 3 is 2.14 bits per heavy atom. The molecule has 0 radical (unpaired) electrons. The van der Waals surface area contributed by atoms with Crippen LogP contribution in [0.4, 0.5) is 29.1 Å². The van der Waals surface area contributed by atoms with Gasteiger partial charge in [0.1, 0.15) is 11.9 Å². The molecule has 0 amide bonds. The van der Waals surface area contributed by atoms with Crippen molar-refractivity contribution in [3.05, 3.63) is 72.6 Å². The van der Waals surface area contributed by atoms with Crippen molar-refractivity contribution < 1.29 is 0 Å². The van der Waals surface area contributed by atoms with E-state index < -0.39 is 0 Å². The van der Waals surface area contributed by atoms with Gasteiger partial charge in [0.05, 0.1) is 0 Å². The molecule has 0 atom stereocenters. The minimum absolute atomic E-state index is 0.0107. The lowest BCUT2D eigenvalue weighted by Gasteiger charge is -2.08. The molecule has 4 rings (SSSR count). The fourth-order valence-corrected chi connectivity index (χ4v) is 2.52. The number of rotatable bonds is 5. The number of anilines is 5. The second kappa shape index (κ2) is 7.43. The van der Waals surface area contributed by atoms with Crippen LogP contribution in [0.15, 0.2) is 66.7 Å². The number of hydrogen-bond acceptors (Lipinski definition) is 8. The lowest BCUT2D eigenvalue weighted by atomic mass is 10.3. The molecule has 2 aromatic heterocycles. The third-order valence-corrected chi connectivity index (χ3v) is 3.74. The van der Waals surface area contributed by atoms with E-state index in [1.807, 2.05) is 66.7 Å². The number of nitriles is 1. The maximum Gasteiger partial charge on any atom is 0.248 e. The van der Waals surface area contributed by atoms with Crippen molar-refractivity contribution in [3.63, 3.8) is 0 Å². The molecule has 4 aromatic rings. The zero-order valence-electron chi connectivity index (χ0n) is 14.6. The summed E-state index contributed by atoms with van der Waals surface area (Å²) in [5, 5.41) is 19.8. The van der Waals surface area contributed by atoms with E-state index in [-0.39, 0.29) is 11.8 Å². The summed E-state index contributed by atoms with van der Waals surface area (Å²) in [7, 11) is 0. The molecule has 0 aliphatic heterocycles. The van der Waals surface area contributed by atoms with E-state index in [1.54, 1.807) is 6.07 Å². The first-order valence-corrected chi connectivity index (χ1v) is 8.37. The lowest BCUT2D eigenvalue weighted by Crippen LogP contribution is -2.08. The number of benzene rings is 2. The second-order valence-corrected chi connectivity index (χ2v) is 5.73. The minimum atomic E-state index is -0.0107. The van der Waals surface area contributed by atoms with E-state index in [0.29, 0.717) is 17.6 Å². The van der Waals surface area contributed by atoms with Crippen LogP contribution in [0.5, 0.6) is 0 Å². The summed E-state index contributed by atoms with van der Waals surface area (Å²) in [5.74, 6) is 1.21. The molecule has 0 aliphatic rings. The molecule has 0 aliphatic carbocycles. The van der Waals surface area contributed by atoms with E-state index in [9.17, 15) is 5.26 Å². The highest BCUT2D eigenvalue weighted by molar-refractivity contribution is 5.59. The summed E-state index contributed by atoms with van der Waals surface area (Å²) in [6, 6.07) is 22.6. The second-order valence-electron chi connectivity index (χ2n) is 5.73. The van der Waals surface area contributed by atoms with Gasteiger partial charge in [-0.15, -0.1) is 5.10 Å². The predicted octanol–water partition coefficient (Wildman–Crippen LogP) is 3.00. The number of nitrogens with zero attached hydrogens (tertiary/aromatic N) is 6. The highest BCUT2D eigenvalue weighted by Gasteiger charge is 2.13. The van der Waals surface area contributed by atoms with Crippen molar-refractivity contribution in [2.45, 2.75) is 0 Å². The normalized spacial score (nSPS) is 10.2. The summed E-state index contributed by atoms with van der Waals surface area (Å²) in [4.78, 5) is 12.6. The summed E-state index contributed by atoms with van der Waals surface area (Å²) in [6.07, 6.45) is 0. The molecule has 2 heterocycles. The van der Waals surface area contributed by atoms with Crippen LogP contribution in [0.1, 0.15) is 5.82 Å². The third kappa shape index (κ3) is 3.71. The fourth-order valence-electron chi connectivity index (χ4n) is 2.52. The van der Waals surface area contributed by atoms with Crippen LogP contribution in [0.2, 0.25) is 0 Å². The SMILES string of the molecule is N#Cc1nc(Nc2ccccc2)cc(-n2nc(Nc3ccccc3)nc2N)n1. The third-order valence-electron chi connectivity index (χ3n) is 3.74. The molecule has 0 spiro atoms. The molecule has 28 heavy (non-hydrogen) atoms. The summed E-state index contributed by atoms with van der Waals surface area (Å²) in [5.41, 5.74) is 7.66. The van der Waals surface area contributed by atoms with Gasteiger partial charge in [-0.2, -0.15) is 19.9 Å². The first-order valence-electron chi connectivity index (χ1n) is 8.37. The first-order chi connectivity index (χ1) is 13.7. The van der Waals surface area contributed by atoms with Crippen molar-refractivity contribution in [1.82, 2.24) is 24.7 Å². The standard InChI is InChI=1S/C19H15N9/c20-12-16-24-15(22-13-7-3-1-4-8-13)11-17(25-16)28-18(21)26-19(27-28)23-14-9-5-2-6-10-14/h1-11H,(H,22,24,25)(H3,21,23,26,27). The zero-order chi connectivity index (χ0) is 19.3. The van der Waals surface area contributed by atoms with Crippen molar-refractivity contribution in [2.24, 2.45) is 0 Å².